The number of aromatic nitrogens is 1. The van der Waals surface area contributed by atoms with Crippen LogP contribution in [0, 0.1) is 12.8 Å². The van der Waals surface area contributed by atoms with Crippen molar-refractivity contribution in [3.63, 3.8) is 0 Å². The fourth-order valence-electron chi connectivity index (χ4n) is 3.54. The maximum Gasteiger partial charge on any atom is 0.273 e. The molecule has 4 rings (SSSR count). The van der Waals surface area contributed by atoms with Crippen molar-refractivity contribution in [1.29, 1.82) is 0 Å². The molecule has 0 saturated carbocycles. The van der Waals surface area contributed by atoms with E-state index in [2.05, 4.69) is 15.6 Å². The lowest BCUT2D eigenvalue weighted by Gasteiger charge is -2.31. The molecular weight excluding hydrogens is 436 g/mol. The minimum atomic E-state index is -0.238. The first kappa shape index (κ1) is 21.4. The van der Waals surface area contributed by atoms with E-state index in [4.69, 9.17) is 16.0 Å². The largest absolute Gasteiger partial charge is 0.467 e. The lowest BCUT2D eigenvalue weighted by atomic mass is 9.97. The van der Waals surface area contributed by atoms with Gasteiger partial charge in [-0.2, -0.15) is 0 Å². The first-order valence-electron chi connectivity index (χ1n) is 10.1. The predicted molar refractivity (Wildman–Crippen MR) is 121 cm³/mol. The van der Waals surface area contributed by atoms with Crippen molar-refractivity contribution < 1.29 is 14.0 Å². The number of piperidine rings is 1. The third-order valence-corrected chi connectivity index (χ3v) is 6.25. The fourth-order valence-corrected chi connectivity index (χ4v) is 4.41. The van der Waals surface area contributed by atoms with Gasteiger partial charge >= 0.3 is 0 Å². The minimum absolute atomic E-state index is 0.0639. The first-order chi connectivity index (χ1) is 15.0. The number of halogens is 1. The summed E-state index contributed by atoms with van der Waals surface area (Å²) < 4.78 is 5.25. The van der Waals surface area contributed by atoms with E-state index < -0.39 is 0 Å². The Bertz CT molecular complexity index is 1070. The molecule has 2 amide bonds. The second-order valence-electron chi connectivity index (χ2n) is 7.51. The predicted octanol–water partition coefficient (Wildman–Crippen LogP) is 4.61. The Kier molecular flexibility index (Phi) is 6.58. The maximum absolute atomic E-state index is 13.0. The van der Waals surface area contributed by atoms with Crippen LogP contribution in [0.15, 0.2) is 46.4 Å². The summed E-state index contributed by atoms with van der Waals surface area (Å²) in [6.07, 6.45) is 3.11. The van der Waals surface area contributed by atoms with Gasteiger partial charge in [-0.3, -0.25) is 9.59 Å². The number of aryl methyl sites for hydroxylation is 1. The standard InChI is InChI=1S/C22H23ClN4O3S/c1-14-6-7-16(23)10-18(14)25-22-26-19(13-31-22)21(29)27-8-2-4-15(12-27)20(28)24-11-17-5-3-9-30-17/h3,5-7,9-10,13,15H,2,4,8,11-12H2,1H3,(H,24,28)(H,25,26). The Hall–Kier alpha value is -2.84. The molecule has 1 aliphatic rings. The molecule has 31 heavy (non-hydrogen) atoms. The van der Waals surface area contributed by atoms with Gasteiger partial charge in [0.1, 0.15) is 11.5 Å². The average Bonchev–Trinajstić information content (AvgIpc) is 3.46. The van der Waals surface area contributed by atoms with E-state index in [0.717, 1.165) is 24.1 Å². The second kappa shape index (κ2) is 9.53. The number of rotatable bonds is 6. The molecule has 2 aromatic heterocycles. The number of furan rings is 1. The number of likely N-dealkylation sites (tertiary alicyclic amines) is 1. The maximum atomic E-state index is 13.0. The van der Waals surface area contributed by atoms with E-state index in [1.807, 2.05) is 31.2 Å². The lowest BCUT2D eigenvalue weighted by molar-refractivity contribution is -0.126. The number of hydrogen-bond acceptors (Lipinski definition) is 6. The molecular formula is C22H23ClN4O3S. The molecule has 7 nitrogen and oxygen atoms in total. The molecule has 1 aliphatic heterocycles. The van der Waals surface area contributed by atoms with E-state index in [1.54, 1.807) is 22.6 Å². The summed E-state index contributed by atoms with van der Waals surface area (Å²) >= 11 is 7.44. The zero-order valence-corrected chi connectivity index (χ0v) is 18.6. The van der Waals surface area contributed by atoms with Crippen LogP contribution in [-0.2, 0) is 11.3 Å². The second-order valence-corrected chi connectivity index (χ2v) is 8.80. The van der Waals surface area contributed by atoms with Gasteiger partial charge in [-0.1, -0.05) is 17.7 Å². The molecule has 162 valence electrons. The van der Waals surface area contributed by atoms with Crippen molar-refractivity contribution in [2.75, 3.05) is 18.4 Å². The highest BCUT2D eigenvalue weighted by molar-refractivity contribution is 7.14. The van der Waals surface area contributed by atoms with Crippen LogP contribution >= 0.6 is 22.9 Å². The van der Waals surface area contributed by atoms with Crippen LogP contribution in [0.2, 0.25) is 5.02 Å². The van der Waals surface area contributed by atoms with Crippen LogP contribution in [0.3, 0.4) is 0 Å². The summed E-state index contributed by atoms with van der Waals surface area (Å²) in [5.74, 6) is 0.245. The Morgan fingerprint density at radius 3 is 3.03 bits per heavy atom. The van der Waals surface area contributed by atoms with Gasteiger partial charge in [-0.25, -0.2) is 4.98 Å². The summed E-state index contributed by atoms with van der Waals surface area (Å²) in [4.78, 5) is 31.7. The van der Waals surface area contributed by atoms with Crippen molar-refractivity contribution in [2.45, 2.75) is 26.3 Å². The normalized spacial score (nSPS) is 16.2. The highest BCUT2D eigenvalue weighted by atomic mass is 35.5. The molecule has 0 bridgehead atoms. The number of anilines is 2. The van der Waals surface area contributed by atoms with Gasteiger partial charge in [0.2, 0.25) is 5.91 Å². The monoisotopic (exact) mass is 458 g/mol. The third-order valence-electron chi connectivity index (χ3n) is 5.26. The topological polar surface area (TPSA) is 87.5 Å². The number of amides is 2. The van der Waals surface area contributed by atoms with E-state index in [0.29, 0.717) is 41.2 Å². The fraction of sp³-hybridized carbons (Fsp3) is 0.318. The average molecular weight is 459 g/mol. The molecule has 9 heteroatoms. The molecule has 0 spiro atoms. The highest BCUT2D eigenvalue weighted by Crippen LogP contribution is 2.27. The quantitative estimate of drug-likeness (QED) is 0.563. The van der Waals surface area contributed by atoms with Gasteiger partial charge in [-0.15, -0.1) is 11.3 Å². The van der Waals surface area contributed by atoms with Gasteiger partial charge in [-0.05, 0) is 49.6 Å². The van der Waals surface area contributed by atoms with Crippen molar-refractivity contribution in [1.82, 2.24) is 15.2 Å². The summed E-state index contributed by atoms with van der Waals surface area (Å²) in [6, 6.07) is 9.19. The smallest absolute Gasteiger partial charge is 0.273 e. The minimum Gasteiger partial charge on any atom is -0.467 e. The van der Waals surface area contributed by atoms with Crippen LogP contribution in [0.25, 0.3) is 0 Å². The molecule has 0 aliphatic carbocycles. The SMILES string of the molecule is Cc1ccc(Cl)cc1Nc1nc(C(=O)N2CCCC(C(=O)NCc3ccco3)C2)cs1. The molecule has 3 aromatic rings. The molecule has 2 N–H and O–H groups in total. The Balaban J connectivity index is 1.36. The van der Waals surface area contributed by atoms with Crippen LogP contribution in [0.1, 0.15) is 34.7 Å². The summed E-state index contributed by atoms with van der Waals surface area (Å²) in [7, 11) is 0. The number of carbonyl (C=O) groups excluding carboxylic acids is 2. The summed E-state index contributed by atoms with van der Waals surface area (Å²) in [5, 5.41) is 9.11. The van der Waals surface area contributed by atoms with Crippen molar-refractivity contribution in [3.05, 3.63) is 64.0 Å². The Morgan fingerprint density at radius 1 is 1.35 bits per heavy atom. The summed E-state index contributed by atoms with van der Waals surface area (Å²) in [5.41, 5.74) is 2.27. The van der Waals surface area contributed by atoms with E-state index in [9.17, 15) is 9.59 Å². The van der Waals surface area contributed by atoms with Crippen LogP contribution < -0.4 is 10.6 Å². The van der Waals surface area contributed by atoms with Crippen molar-refractivity contribution in [3.8, 4) is 0 Å². The molecule has 3 heterocycles. The molecule has 1 unspecified atom stereocenters. The van der Waals surface area contributed by atoms with Crippen LogP contribution in [-0.4, -0.2) is 34.8 Å². The number of thiazole rings is 1. The van der Waals surface area contributed by atoms with E-state index in [1.165, 1.54) is 11.3 Å². The first-order valence-corrected chi connectivity index (χ1v) is 11.3. The van der Waals surface area contributed by atoms with Crippen molar-refractivity contribution >= 4 is 45.6 Å². The van der Waals surface area contributed by atoms with Crippen LogP contribution in [0.5, 0.6) is 0 Å². The van der Waals surface area contributed by atoms with Crippen LogP contribution in [0.4, 0.5) is 10.8 Å². The zero-order valence-electron chi connectivity index (χ0n) is 17.1. The van der Waals surface area contributed by atoms with Gasteiger partial charge in [0.25, 0.3) is 5.91 Å². The number of hydrogen-bond donors (Lipinski definition) is 2. The highest BCUT2D eigenvalue weighted by Gasteiger charge is 2.30. The molecule has 0 radical (unpaired) electrons. The zero-order chi connectivity index (χ0) is 21.8. The molecule has 1 aromatic carbocycles. The molecule has 1 fully saturated rings. The van der Waals surface area contributed by atoms with Gasteiger partial charge < -0.3 is 20.0 Å². The van der Waals surface area contributed by atoms with Gasteiger partial charge in [0, 0.05) is 29.2 Å². The van der Waals surface area contributed by atoms with Gasteiger partial charge in [0.15, 0.2) is 5.13 Å². The van der Waals surface area contributed by atoms with Gasteiger partial charge in [0.05, 0.1) is 18.7 Å². The third kappa shape index (κ3) is 5.26. The molecule has 1 atom stereocenters. The molecule has 1 saturated heterocycles. The number of nitrogens with one attached hydrogen (secondary N) is 2. The number of nitrogens with zero attached hydrogens (tertiary/aromatic N) is 2. The summed E-state index contributed by atoms with van der Waals surface area (Å²) in [6.45, 7) is 3.33. The Labute approximate surface area is 189 Å². The number of carbonyl (C=O) groups is 2. The van der Waals surface area contributed by atoms with E-state index >= 15 is 0 Å². The number of benzene rings is 1. The lowest BCUT2D eigenvalue weighted by Crippen LogP contribution is -2.45. The Morgan fingerprint density at radius 2 is 2.23 bits per heavy atom. The van der Waals surface area contributed by atoms with Crippen molar-refractivity contribution in [2.24, 2.45) is 5.92 Å². The van der Waals surface area contributed by atoms with E-state index in [-0.39, 0.29) is 17.7 Å².